The summed E-state index contributed by atoms with van der Waals surface area (Å²) in [5.41, 5.74) is 13.5. The third-order valence-corrected chi connectivity index (χ3v) is 6.38. The van der Waals surface area contributed by atoms with Gasteiger partial charge < -0.3 is 0 Å². The summed E-state index contributed by atoms with van der Waals surface area (Å²) in [5.74, 6) is 0. The molecule has 142 valence electrons. The van der Waals surface area contributed by atoms with Gasteiger partial charge in [-0.3, -0.25) is 0 Å². The maximum Gasteiger partial charge on any atom is 0.0159 e. The van der Waals surface area contributed by atoms with Gasteiger partial charge in [-0.05, 0) is 58.4 Å². The third kappa shape index (κ3) is 2.75. The highest BCUT2D eigenvalue weighted by molar-refractivity contribution is 5.97. The Morgan fingerprint density at radius 2 is 1.17 bits per heavy atom. The molecule has 4 aromatic carbocycles. The van der Waals surface area contributed by atoms with Crippen molar-refractivity contribution in [2.24, 2.45) is 0 Å². The Bertz CT molecular complexity index is 1230. The van der Waals surface area contributed by atoms with E-state index < -0.39 is 0 Å². The lowest BCUT2D eigenvalue weighted by Gasteiger charge is -2.23. The second kappa shape index (κ2) is 6.46. The van der Waals surface area contributed by atoms with Crippen LogP contribution < -0.4 is 0 Å². The van der Waals surface area contributed by atoms with Crippen molar-refractivity contribution in [3.8, 4) is 33.4 Å². The highest BCUT2D eigenvalue weighted by Crippen LogP contribution is 2.53. The molecule has 0 bridgehead atoms. The number of aryl methyl sites for hydroxylation is 2. The van der Waals surface area contributed by atoms with Gasteiger partial charge in [-0.15, -0.1) is 0 Å². The predicted octanol–water partition coefficient (Wildman–Crippen LogP) is 7.94. The van der Waals surface area contributed by atoms with Crippen LogP contribution in [0.1, 0.15) is 36.1 Å². The molecule has 0 saturated carbocycles. The summed E-state index contributed by atoms with van der Waals surface area (Å²) in [4.78, 5) is 0. The molecular weight excluding hydrogens is 348 g/mol. The van der Waals surface area contributed by atoms with Gasteiger partial charge in [0.15, 0.2) is 0 Å². The van der Waals surface area contributed by atoms with E-state index >= 15 is 0 Å². The molecule has 0 spiro atoms. The van der Waals surface area contributed by atoms with Crippen LogP contribution in [0.25, 0.3) is 33.4 Å². The maximum absolute atomic E-state index is 2.39. The highest BCUT2D eigenvalue weighted by atomic mass is 14.4. The normalized spacial score (nSPS) is 13.8. The van der Waals surface area contributed by atoms with Gasteiger partial charge in [0, 0.05) is 5.41 Å². The number of benzene rings is 4. The zero-order chi connectivity index (χ0) is 20.2. The molecular formula is C29H26. The van der Waals surface area contributed by atoms with Crippen LogP contribution in [0.4, 0.5) is 0 Å². The molecule has 1 aliphatic rings. The Morgan fingerprint density at radius 1 is 0.517 bits per heavy atom. The standard InChI is InChI=1S/C29H26/c1-19-14-15-24-26(17-19)29(3,4)27-18-20(2)16-25(28(24)27)23-13-9-8-12-22(23)21-10-6-5-7-11-21/h5-18H,1-4H3. The summed E-state index contributed by atoms with van der Waals surface area (Å²) in [7, 11) is 0. The van der Waals surface area contributed by atoms with Crippen molar-refractivity contribution >= 4 is 0 Å². The third-order valence-electron chi connectivity index (χ3n) is 6.38. The van der Waals surface area contributed by atoms with E-state index in [1.54, 1.807) is 0 Å². The van der Waals surface area contributed by atoms with E-state index in [2.05, 4.69) is 113 Å². The van der Waals surface area contributed by atoms with Gasteiger partial charge in [0.05, 0.1) is 0 Å². The molecule has 0 fully saturated rings. The fourth-order valence-corrected chi connectivity index (χ4v) is 4.91. The van der Waals surface area contributed by atoms with Crippen LogP contribution in [-0.2, 0) is 5.41 Å². The van der Waals surface area contributed by atoms with E-state index in [0.717, 1.165) is 0 Å². The van der Waals surface area contributed by atoms with E-state index in [1.807, 2.05) is 0 Å². The minimum absolute atomic E-state index is 0.0130. The molecule has 4 aromatic rings. The fourth-order valence-electron chi connectivity index (χ4n) is 4.91. The van der Waals surface area contributed by atoms with Crippen LogP contribution in [0.3, 0.4) is 0 Å². The van der Waals surface area contributed by atoms with E-state index in [9.17, 15) is 0 Å². The van der Waals surface area contributed by atoms with Crippen molar-refractivity contribution in [3.05, 3.63) is 107 Å². The second-order valence-electron chi connectivity index (χ2n) is 8.82. The van der Waals surface area contributed by atoms with Crippen LogP contribution in [0.2, 0.25) is 0 Å². The predicted molar refractivity (Wildman–Crippen MR) is 124 cm³/mol. The molecule has 1 aliphatic carbocycles. The minimum Gasteiger partial charge on any atom is -0.0622 e. The Kier molecular flexibility index (Phi) is 3.99. The first-order valence-electron chi connectivity index (χ1n) is 10.4. The van der Waals surface area contributed by atoms with Crippen LogP contribution in [0, 0.1) is 13.8 Å². The lowest BCUT2D eigenvalue weighted by Crippen LogP contribution is -2.15. The minimum atomic E-state index is 0.0130. The van der Waals surface area contributed by atoms with Gasteiger partial charge in [-0.25, -0.2) is 0 Å². The molecule has 0 atom stereocenters. The molecule has 0 N–H and O–H groups in total. The first kappa shape index (κ1) is 17.9. The average molecular weight is 375 g/mol. The van der Waals surface area contributed by atoms with Gasteiger partial charge in [0.2, 0.25) is 0 Å². The monoisotopic (exact) mass is 374 g/mol. The molecule has 0 heteroatoms. The Morgan fingerprint density at radius 3 is 1.93 bits per heavy atom. The molecule has 0 amide bonds. The molecule has 0 aliphatic heterocycles. The topological polar surface area (TPSA) is 0 Å². The first-order chi connectivity index (χ1) is 14.0. The smallest absolute Gasteiger partial charge is 0.0159 e. The van der Waals surface area contributed by atoms with Crippen LogP contribution in [-0.4, -0.2) is 0 Å². The average Bonchev–Trinajstić information content (AvgIpc) is 2.95. The summed E-state index contributed by atoms with van der Waals surface area (Å²) < 4.78 is 0. The number of hydrogen-bond acceptors (Lipinski definition) is 0. The van der Waals surface area contributed by atoms with Gasteiger partial charge in [0.1, 0.15) is 0 Å². The molecule has 0 nitrogen and oxygen atoms in total. The molecule has 0 unspecified atom stereocenters. The lowest BCUT2D eigenvalue weighted by atomic mass is 9.80. The van der Waals surface area contributed by atoms with Crippen molar-refractivity contribution in [1.82, 2.24) is 0 Å². The number of rotatable bonds is 2. The zero-order valence-corrected chi connectivity index (χ0v) is 17.6. The van der Waals surface area contributed by atoms with E-state index in [4.69, 9.17) is 0 Å². The molecule has 0 saturated heterocycles. The molecule has 0 aromatic heterocycles. The molecule has 0 heterocycles. The van der Waals surface area contributed by atoms with Crippen LogP contribution in [0.5, 0.6) is 0 Å². The lowest BCUT2D eigenvalue weighted by molar-refractivity contribution is 0.659. The Labute approximate surface area is 173 Å². The van der Waals surface area contributed by atoms with Gasteiger partial charge in [-0.2, -0.15) is 0 Å². The molecule has 5 rings (SSSR count). The van der Waals surface area contributed by atoms with Gasteiger partial charge >= 0.3 is 0 Å². The quantitative estimate of drug-likeness (QED) is 0.334. The van der Waals surface area contributed by atoms with Crippen molar-refractivity contribution < 1.29 is 0 Å². The Balaban J connectivity index is 1.85. The van der Waals surface area contributed by atoms with Crippen molar-refractivity contribution in [2.75, 3.05) is 0 Å². The van der Waals surface area contributed by atoms with Crippen LogP contribution >= 0.6 is 0 Å². The molecule has 0 radical (unpaired) electrons. The molecule has 29 heavy (non-hydrogen) atoms. The van der Waals surface area contributed by atoms with Crippen LogP contribution in [0.15, 0.2) is 84.9 Å². The SMILES string of the molecule is Cc1ccc2c(c1)C(C)(C)c1cc(C)cc(-c3ccccc3-c3ccccc3)c1-2. The first-order valence-corrected chi connectivity index (χ1v) is 10.4. The second-order valence-corrected chi connectivity index (χ2v) is 8.82. The summed E-state index contributed by atoms with van der Waals surface area (Å²) in [6.45, 7) is 9.14. The zero-order valence-electron chi connectivity index (χ0n) is 17.6. The van der Waals surface area contributed by atoms with Gasteiger partial charge in [-0.1, -0.05) is 110 Å². The maximum atomic E-state index is 2.39. The van der Waals surface area contributed by atoms with Crippen molar-refractivity contribution in [1.29, 1.82) is 0 Å². The van der Waals surface area contributed by atoms with E-state index in [1.165, 1.54) is 55.6 Å². The summed E-state index contributed by atoms with van der Waals surface area (Å²) in [5, 5.41) is 0. The number of fused-ring (bicyclic) bond motifs is 3. The van der Waals surface area contributed by atoms with E-state index in [0.29, 0.717) is 0 Å². The number of hydrogen-bond donors (Lipinski definition) is 0. The van der Waals surface area contributed by atoms with E-state index in [-0.39, 0.29) is 5.41 Å². The van der Waals surface area contributed by atoms with Gasteiger partial charge in [0.25, 0.3) is 0 Å². The summed E-state index contributed by atoms with van der Waals surface area (Å²) >= 11 is 0. The summed E-state index contributed by atoms with van der Waals surface area (Å²) in [6.07, 6.45) is 0. The highest BCUT2D eigenvalue weighted by Gasteiger charge is 2.37. The fraction of sp³-hybridized carbons (Fsp3) is 0.172. The Hall–Kier alpha value is -3.12. The van der Waals surface area contributed by atoms with Crippen molar-refractivity contribution in [2.45, 2.75) is 33.1 Å². The summed E-state index contributed by atoms with van der Waals surface area (Å²) in [6, 6.07) is 31.2. The van der Waals surface area contributed by atoms with Crippen molar-refractivity contribution in [3.63, 3.8) is 0 Å². The largest absolute Gasteiger partial charge is 0.0622 e.